The maximum absolute atomic E-state index is 3.44. The Balaban J connectivity index is 2.01. The summed E-state index contributed by atoms with van der Waals surface area (Å²) < 4.78 is 0. The number of aromatic amines is 1. The summed E-state index contributed by atoms with van der Waals surface area (Å²) in [6.45, 7) is 9.23. The molecule has 1 saturated heterocycles. The second-order valence-corrected chi connectivity index (χ2v) is 5.74. The molecule has 1 atom stereocenters. The molecule has 0 bridgehead atoms. The highest BCUT2D eigenvalue weighted by Crippen LogP contribution is 2.28. The molecule has 18 heavy (non-hydrogen) atoms. The average molecular weight is 250 g/mol. The largest absolute Gasteiger partial charge is 0.367 e. The molecule has 4 nitrogen and oxygen atoms in total. The number of nitrogens with one attached hydrogen (secondary N) is 3. The smallest absolute Gasteiger partial charge is 0.0350 e. The van der Waals surface area contributed by atoms with Gasteiger partial charge in [0.2, 0.25) is 0 Å². The molecule has 2 heterocycles. The van der Waals surface area contributed by atoms with Gasteiger partial charge in [-0.3, -0.25) is 4.90 Å². The van der Waals surface area contributed by atoms with Crippen molar-refractivity contribution in [2.75, 3.05) is 33.2 Å². The van der Waals surface area contributed by atoms with E-state index in [0.29, 0.717) is 6.04 Å². The van der Waals surface area contributed by atoms with Crippen molar-refractivity contribution in [1.29, 1.82) is 0 Å². The Labute approximate surface area is 110 Å². The summed E-state index contributed by atoms with van der Waals surface area (Å²) in [6.07, 6.45) is 5.22. The lowest BCUT2D eigenvalue weighted by atomic mass is 9.90. The zero-order valence-electron chi connectivity index (χ0n) is 11.8. The average Bonchev–Trinajstić information content (AvgIpc) is 2.91. The number of H-pyrrole nitrogens is 1. The van der Waals surface area contributed by atoms with Crippen LogP contribution >= 0.6 is 0 Å². The minimum Gasteiger partial charge on any atom is -0.367 e. The Morgan fingerprint density at radius 3 is 2.67 bits per heavy atom. The van der Waals surface area contributed by atoms with Gasteiger partial charge in [-0.25, -0.2) is 0 Å². The predicted molar refractivity (Wildman–Crippen MR) is 75.7 cm³/mol. The van der Waals surface area contributed by atoms with Gasteiger partial charge in [0.25, 0.3) is 0 Å². The number of hydrogen-bond acceptors (Lipinski definition) is 3. The molecule has 0 spiro atoms. The number of hydrogen-bond donors (Lipinski definition) is 3. The van der Waals surface area contributed by atoms with E-state index in [9.17, 15) is 0 Å². The maximum Gasteiger partial charge on any atom is 0.0350 e. The minimum absolute atomic E-state index is 0.229. The van der Waals surface area contributed by atoms with Gasteiger partial charge in [-0.05, 0) is 38.9 Å². The van der Waals surface area contributed by atoms with Crippen LogP contribution in [0.3, 0.4) is 0 Å². The van der Waals surface area contributed by atoms with Crippen molar-refractivity contribution < 1.29 is 0 Å². The maximum atomic E-state index is 3.44. The fourth-order valence-corrected chi connectivity index (χ4v) is 2.84. The number of nitrogens with zero attached hydrogens (tertiary/aromatic N) is 1. The molecule has 0 aromatic carbocycles. The van der Waals surface area contributed by atoms with Crippen LogP contribution in [0.2, 0.25) is 0 Å². The Bertz CT molecular complexity index is 339. The topological polar surface area (TPSA) is 43.1 Å². The Hall–Kier alpha value is -0.840. The summed E-state index contributed by atoms with van der Waals surface area (Å²) in [5, 5.41) is 6.86. The lowest BCUT2D eigenvalue weighted by Gasteiger charge is -2.43. The van der Waals surface area contributed by atoms with E-state index in [1.54, 1.807) is 0 Å². The van der Waals surface area contributed by atoms with E-state index in [4.69, 9.17) is 0 Å². The van der Waals surface area contributed by atoms with Crippen molar-refractivity contribution in [2.24, 2.45) is 0 Å². The van der Waals surface area contributed by atoms with Gasteiger partial charge < -0.3 is 15.6 Å². The Kier molecular flexibility index (Phi) is 4.43. The van der Waals surface area contributed by atoms with E-state index in [2.05, 4.69) is 46.6 Å². The molecular weight excluding hydrogens is 224 g/mol. The molecule has 2 rings (SSSR count). The van der Waals surface area contributed by atoms with Crippen LogP contribution in [0.4, 0.5) is 0 Å². The summed E-state index contributed by atoms with van der Waals surface area (Å²) in [5.74, 6) is 0. The highest BCUT2D eigenvalue weighted by molar-refractivity contribution is 5.15. The monoisotopic (exact) mass is 250 g/mol. The first-order valence-electron chi connectivity index (χ1n) is 6.89. The first kappa shape index (κ1) is 13.6. The van der Waals surface area contributed by atoms with Crippen LogP contribution in [0.5, 0.6) is 0 Å². The summed E-state index contributed by atoms with van der Waals surface area (Å²) in [7, 11) is 2.05. The number of piperazine rings is 1. The first-order valence-corrected chi connectivity index (χ1v) is 6.89. The summed E-state index contributed by atoms with van der Waals surface area (Å²) in [6, 6.07) is 2.58. The second-order valence-electron chi connectivity index (χ2n) is 5.74. The quantitative estimate of drug-likeness (QED) is 0.739. The molecule has 1 aromatic rings. The third-order valence-electron chi connectivity index (χ3n) is 4.05. The van der Waals surface area contributed by atoms with Crippen molar-refractivity contribution in [3.8, 4) is 0 Å². The lowest BCUT2D eigenvalue weighted by Crippen LogP contribution is -2.54. The zero-order valence-corrected chi connectivity index (χ0v) is 11.8. The highest BCUT2D eigenvalue weighted by Gasteiger charge is 2.30. The van der Waals surface area contributed by atoms with Crippen LogP contribution in [0.15, 0.2) is 18.5 Å². The summed E-state index contributed by atoms with van der Waals surface area (Å²) in [4.78, 5) is 5.74. The first-order chi connectivity index (χ1) is 8.63. The minimum atomic E-state index is 0.229. The zero-order chi connectivity index (χ0) is 13.0. The molecule has 3 N–H and O–H groups in total. The van der Waals surface area contributed by atoms with Crippen molar-refractivity contribution in [3.05, 3.63) is 24.0 Å². The van der Waals surface area contributed by atoms with Crippen LogP contribution < -0.4 is 10.6 Å². The highest BCUT2D eigenvalue weighted by atomic mass is 15.2. The van der Waals surface area contributed by atoms with Crippen LogP contribution in [-0.4, -0.2) is 48.6 Å². The van der Waals surface area contributed by atoms with E-state index in [1.807, 2.05) is 13.2 Å². The van der Waals surface area contributed by atoms with Gasteiger partial charge in [0.15, 0.2) is 0 Å². The normalized spacial score (nSPS) is 19.9. The molecule has 4 heteroatoms. The third-order valence-corrected chi connectivity index (χ3v) is 4.05. The Morgan fingerprint density at radius 2 is 2.11 bits per heavy atom. The van der Waals surface area contributed by atoms with Crippen LogP contribution in [-0.2, 0) is 0 Å². The number of aromatic nitrogens is 1. The molecule has 102 valence electrons. The molecular formula is C14H26N4. The molecule has 0 aliphatic carbocycles. The van der Waals surface area contributed by atoms with Gasteiger partial charge >= 0.3 is 0 Å². The van der Waals surface area contributed by atoms with E-state index in [1.165, 1.54) is 5.56 Å². The second kappa shape index (κ2) is 5.87. The molecule has 1 fully saturated rings. The van der Waals surface area contributed by atoms with Crippen LogP contribution in [0.25, 0.3) is 0 Å². The van der Waals surface area contributed by atoms with Gasteiger partial charge in [0, 0.05) is 50.2 Å². The molecule has 1 aromatic heterocycles. The predicted octanol–water partition coefficient (Wildman–Crippen LogP) is 1.35. The van der Waals surface area contributed by atoms with E-state index < -0.39 is 0 Å². The van der Waals surface area contributed by atoms with Gasteiger partial charge in [0.1, 0.15) is 0 Å². The summed E-state index contributed by atoms with van der Waals surface area (Å²) >= 11 is 0. The molecule has 1 aliphatic rings. The van der Waals surface area contributed by atoms with Gasteiger partial charge in [-0.1, -0.05) is 0 Å². The summed E-state index contributed by atoms with van der Waals surface area (Å²) in [5.41, 5.74) is 1.58. The fraction of sp³-hybridized carbons (Fsp3) is 0.714. The fourth-order valence-electron chi connectivity index (χ4n) is 2.84. The van der Waals surface area contributed by atoms with Crippen LogP contribution in [0.1, 0.15) is 31.9 Å². The van der Waals surface area contributed by atoms with Crippen molar-refractivity contribution in [2.45, 2.75) is 31.8 Å². The third kappa shape index (κ3) is 3.13. The van der Waals surface area contributed by atoms with E-state index in [0.717, 1.165) is 32.6 Å². The van der Waals surface area contributed by atoms with Crippen molar-refractivity contribution in [1.82, 2.24) is 20.5 Å². The van der Waals surface area contributed by atoms with Gasteiger partial charge in [0.05, 0.1) is 0 Å². The molecule has 0 saturated carbocycles. The molecule has 0 amide bonds. The molecule has 1 aliphatic heterocycles. The Morgan fingerprint density at radius 1 is 1.39 bits per heavy atom. The van der Waals surface area contributed by atoms with Crippen molar-refractivity contribution >= 4 is 0 Å². The van der Waals surface area contributed by atoms with Gasteiger partial charge in [-0.2, -0.15) is 0 Å². The number of rotatable bonds is 5. The van der Waals surface area contributed by atoms with E-state index >= 15 is 0 Å². The van der Waals surface area contributed by atoms with Crippen molar-refractivity contribution in [3.63, 3.8) is 0 Å². The standard InChI is InChI=1S/C14H26N4/c1-14(2,18-8-6-16-7-9-18)10-13(15-3)12-4-5-17-11-12/h4-5,11,13,15-17H,6-10H2,1-3H3. The molecule has 1 unspecified atom stereocenters. The van der Waals surface area contributed by atoms with Crippen LogP contribution in [0, 0.1) is 0 Å². The van der Waals surface area contributed by atoms with Gasteiger partial charge in [-0.15, -0.1) is 0 Å². The lowest BCUT2D eigenvalue weighted by molar-refractivity contribution is 0.0862. The van der Waals surface area contributed by atoms with E-state index in [-0.39, 0.29) is 5.54 Å². The molecule has 0 radical (unpaired) electrons. The SMILES string of the molecule is CNC(CC(C)(C)N1CCNCC1)c1cc[nH]c1.